The molecule has 2 aromatic carbocycles. The highest BCUT2D eigenvalue weighted by atomic mass is 32.1. The predicted molar refractivity (Wildman–Crippen MR) is 153 cm³/mol. The van der Waals surface area contributed by atoms with E-state index >= 15 is 0 Å². The fourth-order valence-corrected chi connectivity index (χ4v) is 6.24. The van der Waals surface area contributed by atoms with E-state index in [1.165, 1.54) is 36.3 Å². The van der Waals surface area contributed by atoms with Crippen molar-refractivity contribution in [3.63, 3.8) is 0 Å². The maximum absolute atomic E-state index is 13.5. The summed E-state index contributed by atoms with van der Waals surface area (Å²) in [5.74, 6) is 0.721. The molecule has 1 N–H and O–H groups in total. The lowest BCUT2D eigenvalue weighted by Crippen LogP contribution is -2.20. The quantitative estimate of drug-likeness (QED) is 0.231. The zero-order valence-electron chi connectivity index (χ0n) is 22.3. The van der Waals surface area contributed by atoms with E-state index in [1.807, 2.05) is 0 Å². The molecule has 2 aromatic heterocycles. The number of nitrogens with zero attached hydrogens (tertiary/aromatic N) is 2. The number of pyridine rings is 1. The van der Waals surface area contributed by atoms with Crippen LogP contribution in [0.3, 0.4) is 0 Å². The molecule has 1 atom stereocenters. The molecule has 1 unspecified atom stereocenters. The second-order valence-electron chi connectivity index (χ2n) is 9.47. The molecule has 0 amide bonds. The number of aromatic nitrogens is 1. The fourth-order valence-electron chi connectivity index (χ4n) is 5.06. The lowest BCUT2D eigenvalue weighted by atomic mass is 9.88. The molecule has 0 saturated heterocycles. The van der Waals surface area contributed by atoms with Gasteiger partial charge in [-0.15, -0.1) is 11.3 Å². The van der Waals surface area contributed by atoms with Gasteiger partial charge in [0.25, 0.3) is 5.56 Å². The number of benzene rings is 2. The van der Waals surface area contributed by atoms with Crippen LogP contribution < -0.4 is 15.0 Å². The summed E-state index contributed by atoms with van der Waals surface area (Å²) < 4.78 is 17.3. The molecule has 202 valence electrons. The number of fused-ring (bicyclic) bond motifs is 2. The number of rotatable bonds is 7. The van der Waals surface area contributed by atoms with Gasteiger partial charge in [-0.1, -0.05) is 25.1 Å². The minimum Gasteiger partial charge on any atom is -0.494 e. The third-order valence-corrected chi connectivity index (χ3v) is 8.21. The van der Waals surface area contributed by atoms with Crippen LogP contribution in [0.2, 0.25) is 0 Å². The predicted octanol–water partition coefficient (Wildman–Crippen LogP) is 5.83. The molecule has 9 heteroatoms. The molecule has 0 aliphatic heterocycles. The zero-order valence-corrected chi connectivity index (χ0v) is 23.1. The van der Waals surface area contributed by atoms with E-state index in [-0.39, 0.29) is 24.0 Å². The van der Waals surface area contributed by atoms with E-state index in [1.54, 1.807) is 49.4 Å². The topological polar surface area (TPSA) is 99.3 Å². The summed E-state index contributed by atoms with van der Waals surface area (Å²) in [5.41, 5.74) is 1.88. The molecule has 0 fully saturated rings. The fraction of sp³-hybridized carbons (Fsp3) is 0.300. The van der Waals surface area contributed by atoms with E-state index in [9.17, 15) is 14.7 Å². The van der Waals surface area contributed by atoms with Crippen LogP contribution in [0.1, 0.15) is 46.6 Å². The molecule has 39 heavy (non-hydrogen) atoms. The summed E-state index contributed by atoms with van der Waals surface area (Å²) in [6, 6.07) is 12.0. The Labute approximate surface area is 230 Å². The minimum absolute atomic E-state index is 0.268. The normalized spacial score (nSPS) is 14.9. The maximum atomic E-state index is 13.5. The van der Waals surface area contributed by atoms with Crippen molar-refractivity contribution >= 4 is 39.3 Å². The number of ether oxygens (including phenoxy) is 3. The number of aromatic hydroxyl groups is 1. The molecular formula is C30H30N2O6S. The summed E-state index contributed by atoms with van der Waals surface area (Å²) in [5, 5.41) is 13.0. The first kappa shape index (κ1) is 26.5. The van der Waals surface area contributed by atoms with Gasteiger partial charge in [0.2, 0.25) is 5.88 Å². The standard InChI is InChI=1S/C30H30N2O6S/c1-5-38-30(35)26-21-14-17(2)10-13-25(21)39-27(26)31-16-22-19-8-6-7-9-20(19)28(33)32(29(22)34)18-11-12-23(36-3)24(15-18)37-4/h6-9,11-12,15-17,34H,5,10,13-14H2,1-4H3. The van der Waals surface area contributed by atoms with Crippen molar-refractivity contribution in [2.24, 2.45) is 10.9 Å². The monoisotopic (exact) mass is 546 g/mol. The maximum Gasteiger partial charge on any atom is 0.341 e. The van der Waals surface area contributed by atoms with Gasteiger partial charge < -0.3 is 19.3 Å². The second-order valence-corrected chi connectivity index (χ2v) is 10.6. The lowest BCUT2D eigenvalue weighted by molar-refractivity contribution is 0.0526. The van der Waals surface area contributed by atoms with E-state index < -0.39 is 0 Å². The Morgan fingerprint density at radius 3 is 2.62 bits per heavy atom. The Hall–Kier alpha value is -4.11. The van der Waals surface area contributed by atoms with Crippen molar-refractivity contribution in [1.29, 1.82) is 0 Å². The number of aryl methyl sites for hydroxylation is 1. The average molecular weight is 547 g/mol. The number of methoxy groups -OCH3 is 2. The smallest absolute Gasteiger partial charge is 0.341 e. The molecule has 0 spiro atoms. The molecule has 0 saturated carbocycles. The van der Waals surface area contributed by atoms with Crippen molar-refractivity contribution in [3.05, 3.63) is 74.4 Å². The Morgan fingerprint density at radius 1 is 1.15 bits per heavy atom. The first-order chi connectivity index (χ1) is 18.9. The Kier molecular flexibility index (Phi) is 7.43. The van der Waals surface area contributed by atoms with E-state index in [2.05, 4.69) is 6.92 Å². The van der Waals surface area contributed by atoms with Crippen molar-refractivity contribution in [3.8, 4) is 23.1 Å². The van der Waals surface area contributed by atoms with Gasteiger partial charge in [0.05, 0.1) is 37.6 Å². The third-order valence-electron chi connectivity index (χ3n) is 7.01. The highest BCUT2D eigenvalue weighted by molar-refractivity contribution is 7.16. The molecule has 0 bridgehead atoms. The zero-order chi connectivity index (χ0) is 27.7. The second kappa shape index (κ2) is 10.9. The molecule has 1 aliphatic rings. The Morgan fingerprint density at radius 2 is 1.90 bits per heavy atom. The van der Waals surface area contributed by atoms with Crippen molar-refractivity contribution in [2.45, 2.75) is 33.1 Å². The Balaban J connectivity index is 1.70. The number of carbonyl (C=O) groups is 1. The number of aliphatic imine (C=N–C) groups is 1. The molecule has 5 rings (SSSR count). The summed E-state index contributed by atoms with van der Waals surface area (Å²) in [6.45, 7) is 4.23. The summed E-state index contributed by atoms with van der Waals surface area (Å²) in [7, 11) is 3.03. The van der Waals surface area contributed by atoms with Gasteiger partial charge in [0.1, 0.15) is 5.00 Å². The molecule has 8 nitrogen and oxygen atoms in total. The third kappa shape index (κ3) is 4.78. The highest BCUT2D eigenvalue weighted by Gasteiger charge is 2.28. The highest BCUT2D eigenvalue weighted by Crippen LogP contribution is 2.42. The number of hydrogen-bond donors (Lipinski definition) is 1. The van der Waals surface area contributed by atoms with Crippen LogP contribution in [-0.2, 0) is 17.6 Å². The van der Waals surface area contributed by atoms with Gasteiger partial charge in [-0.2, -0.15) is 0 Å². The van der Waals surface area contributed by atoms with Crippen LogP contribution in [-0.4, -0.2) is 42.7 Å². The van der Waals surface area contributed by atoms with Crippen LogP contribution in [0.5, 0.6) is 17.4 Å². The molecule has 2 heterocycles. The molecular weight excluding hydrogens is 516 g/mol. The van der Waals surface area contributed by atoms with Crippen molar-refractivity contribution < 1.29 is 24.1 Å². The van der Waals surface area contributed by atoms with Crippen LogP contribution in [0.25, 0.3) is 16.5 Å². The molecule has 4 aromatic rings. The SMILES string of the molecule is CCOC(=O)c1c(N=Cc2c(O)n(-c3ccc(OC)c(OC)c3)c(=O)c3ccccc23)sc2c1CC(C)CC2. The number of carbonyl (C=O) groups excluding carboxylic acids is 1. The van der Waals surface area contributed by atoms with Gasteiger partial charge in [-0.25, -0.2) is 14.4 Å². The van der Waals surface area contributed by atoms with Crippen LogP contribution in [0, 0.1) is 5.92 Å². The van der Waals surface area contributed by atoms with Gasteiger partial charge in [-0.05, 0) is 55.9 Å². The van der Waals surface area contributed by atoms with E-state index in [0.29, 0.717) is 50.0 Å². The molecule has 1 aliphatic carbocycles. The Bertz CT molecular complexity index is 1650. The van der Waals surface area contributed by atoms with Crippen molar-refractivity contribution in [2.75, 3.05) is 20.8 Å². The first-order valence-electron chi connectivity index (χ1n) is 12.8. The van der Waals surface area contributed by atoms with Gasteiger partial charge in [0.15, 0.2) is 11.5 Å². The summed E-state index contributed by atoms with van der Waals surface area (Å²) in [4.78, 5) is 32.4. The van der Waals surface area contributed by atoms with Crippen LogP contribution in [0.4, 0.5) is 5.00 Å². The van der Waals surface area contributed by atoms with Gasteiger partial charge >= 0.3 is 5.97 Å². The van der Waals surface area contributed by atoms with Gasteiger partial charge in [-0.3, -0.25) is 4.79 Å². The van der Waals surface area contributed by atoms with E-state index in [0.717, 1.165) is 29.7 Å². The van der Waals surface area contributed by atoms with E-state index in [4.69, 9.17) is 19.2 Å². The number of thiophene rings is 1. The molecule has 0 radical (unpaired) electrons. The summed E-state index contributed by atoms with van der Waals surface area (Å²) in [6.07, 6.45) is 4.27. The van der Waals surface area contributed by atoms with Crippen molar-refractivity contribution in [1.82, 2.24) is 4.57 Å². The minimum atomic E-state index is -0.389. The summed E-state index contributed by atoms with van der Waals surface area (Å²) >= 11 is 1.48. The first-order valence-corrected chi connectivity index (χ1v) is 13.6. The number of hydrogen-bond acceptors (Lipinski definition) is 8. The lowest BCUT2D eigenvalue weighted by Gasteiger charge is -2.18. The van der Waals surface area contributed by atoms with Crippen LogP contribution >= 0.6 is 11.3 Å². The van der Waals surface area contributed by atoms with Crippen LogP contribution in [0.15, 0.2) is 52.3 Å². The average Bonchev–Trinajstić information content (AvgIpc) is 3.30. The largest absolute Gasteiger partial charge is 0.494 e. The number of esters is 1. The van der Waals surface area contributed by atoms with Gasteiger partial charge in [0, 0.05) is 27.9 Å².